The van der Waals surface area contributed by atoms with Gasteiger partial charge in [0.15, 0.2) is 0 Å². The van der Waals surface area contributed by atoms with Crippen LogP contribution >= 0.6 is 0 Å². The first-order valence-electron chi connectivity index (χ1n) is 7.30. The van der Waals surface area contributed by atoms with Crippen LogP contribution in [-0.2, 0) is 6.42 Å². The van der Waals surface area contributed by atoms with Crippen molar-refractivity contribution in [3.05, 3.63) is 35.4 Å². The smallest absolute Gasteiger partial charge is 0.00506 e. The summed E-state index contributed by atoms with van der Waals surface area (Å²) in [4.78, 5) is 2.55. The van der Waals surface area contributed by atoms with Crippen LogP contribution in [0.25, 0.3) is 0 Å². The van der Waals surface area contributed by atoms with Crippen molar-refractivity contribution in [3.63, 3.8) is 0 Å². The second kappa shape index (κ2) is 5.41. The number of likely N-dealkylation sites (N-methyl/N-ethyl adjacent to an activating group) is 1. The number of benzene rings is 1. The van der Waals surface area contributed by atoms with Crippen LogP contribution in [0, 0.1) is 5.92 Å². The van der Waals surface area contributed by atoms with Gasteiger partial charge < -0.3 is 10.2 Å². The fourth-order valence-corrected chi connectivity index (χ4v) is 3.48. The summed E-state index contributed by atoms with van der Waals surface area (Å²) < 4.78 is 0. The first kappa shape index (κ1) is 12.2. The van der Waals surface area contributed by atoms with Gasteiger partial charge in [-0.3, -0.25) is 0 Å². The number of piperidine rings is 1. The second-order valence-corrected chi connectivity index (χ2v) is 6.01. The number of rotatable bonds is 4. The molecule has 0 amide bonds. The average molecular weight is 244 g/mol. The molecule has 2 aliphatic rings. The summed E-state index contributed by atoms with van der Waals surface area (Å²) in [5.74, 6) is 1.69. The topological polar surface area (TPSA) is 15.3 Å². The third kappa shape index (κ3) is 2.60. The number of nitrogens with one attached hydrogen (secondary N) is 1. The molecule has 1 aromatic rings. The van der Waals surface area contributed by atoms with Crippen molar-refractivity contribution in [3.8, 4) is 0 Å². The van der Waals surface area contributed by atoms with Crippen molar-refractivity contribution in [1.29, 1.82) is 0 Å². The largest absolute Gasteiger partial charge is 0.317 e. The molecule has 1 saturated heterocycles. The maximum atomic E-state index is 3.45. The number of fused-ring (bicyclic) bond motifs is 1. The van der Waals surface area contributed by atoms with E-state index >= 15 is 0 Å². The van der Waals surface area contributed by atoms with E-state index in [1.807, 2.05) is 0 Å². The molecular formula is C16H24N2. The summed E-state index contributed by atoms with van der Waals surface area (Å²) in [6.45, 7) is 4.94. The van der Waals surface area contributed by atoms with Crippen molar-refractivity contribution < 1.29 is 0 Å². The van der Waals surface area contributed by atoms with Crippen molar-refractivity contribution >= 4 is 0 Å². The van der Waals surface area contributed by atoms with E-state index in [-0.39, 0.29) is 0 Å². The van der Waals surface area contributed by atoms with Crippen LogP contribution in [0.1, 0.15) is 29.9 Å². The Morgan fingerprint density at radius 1 is 1.17 bits per heavy atom. The van der Waals surface area contributed by atoms with Gasteiger partial charge in [-0.15, -0.1) is 0 Å². The lowest BCUT2D eigenvalue weighted by Crippen LogP contribution is -2.37. The lowest BCUT2D eigenvalue weighted by molar-refractivity contribution is 0.224. The molecule has 1 heterocycles. The fraction of sp³-hybridized carbons (Fsp3) is 0.625. The monoisotopic (exact) mass is 244 g/mol. The average Bonchev–Trinajstić information content (AvgIpc) is 2.37. The lowest BCUT2D eigenvalue weighted by Gasteiger charge is -2.35. The van der Waals surface area contributed by atoms with Crippen LogP contribution in [0.3, 0.4) is 0 Å². The number of hydrogen-bond acceptors (Lipinski definition) is 2. The van der Waals surface area contributed by atoms with E-state index in [0.29, 0.717) is 0 Å². The first-order valence-corrected chi connectivity index (χ1v) is 7.30. The highest BCUT2D eigenvalue weighted by molar-refractivity contribution is 5.40. The Labute approximate surface area is 110 Å². The molecule has 1 fully saturated rings. The molecule has 1 unspecified atom stereocenters. The summed E-state index contributed by atoms with van der Waals surface area (Å²) in [6, 6.07) is 8.92. The molecule has 0 radical (unpaired) electrons. The summed E-state index contributed by atoms with van der Waals surface area (Å²) in [5.41, 5.74) is 3.16. The summed E-state index contributed by atoms with van der Waals surface area (Å²) in [7, 11) is 2.29. The minimum Gasteiger partial charge on any atom is -0.317 e. The van der Waals surface area contributed by atoms with Gasteiger partial charge in [0.25, 0.3) is 0 Å². The van der Waals surface area contributed by atoms with Gasteiger partial charge in [0.05, 0.1) is 0 Å². The summed E-state index contributed by atoms with van der Waals surface area (Å²) in [5, 5.41) is 3.45. The van der Waals surface area contributed by atoms with Crippen LogP contribution < -0.4 is 5.32 Å². The third-order valence-corrected chi connectivity index (χ3v) is 4.52. The van der Waals surface area contributed by atoms with Crippen molar-refractivity contribution in [2.45, 2.75) is 25.2 Å². The van der Waals surface area contributed by atoms with Crippen LogP contribution in [0.4, 0.5) is 0 Å². The fourth-order valence-electron chi connectivity index (χ4n) is 3.48. The Morgan fingerprint density at radius 2 is 1.94 bits per heavy atom. The maximum Gasteiger partial charge on any atom is 0.00506 e. The van der Waals surface area contributed by atoms with E-state index in [9.17, 15) is 0 Å². The molecule has 0 spiro atoms. The highest BCUT2D eigenvalue weighted by atomic mass is 15.1. The van der Waals surface area contributed by atoms with Crippen molar-refractivity contribution in [1.82, 2.24) is 10.2 Å². The Bertz CT molecular complexity index is 396. The molecule has 1 aliphatic heterocycles. The van der Waals surface area contributed by atoms with Gasteiger partial charge in [-0.2, -0.15) is 0 Å². The van der Waals surface area contributed by atoms with Gasteiger partial charge in [0, 0.05) is 19.0 Å². The van der Waals surface area contributed by atoms with E-state index < -0.39 is 0 Å². The molecule has 2 heteroatoms. The van der Waals surface area contributed by atoms with E-state index in [1.165, 1.54) is 45.4 Å². The molecule has 98 valence electrons. The second-order valence-electron chi connectivity index (χ2n) is 6.01. The molecule has 1 atom stereocenters. The van der Waals surface area contributed by atoms with Gasteiger partial charge in [0.1, 0.15) is 0 Å². The van der Waals surface area contributed by atoms with Gasteiger partial charge in [0.2, 0.25) is 0 Å². The first-order chi connectivity index (χ1) is 8.83. The Morgan fingerprint density at radius 3 is 2.72 bits per heavy atom. The maximum absolute atomic E-state index is 3.45. The molecule has 0 saturated carbocycles. The summed E-state index contributed by atoms with van der Waals surface area (Å²) in [6.07, 6.45) is 3.99. The van der Waals surface area contributed by atoms with E-state index in [2.05, 4.69) is 41.5 Å². The van der Waals surface area contributed by atoms with Crippen molar-refractivity contribution in [2.75, 3.05) is 33.2 Å². The van der Waals surface area contributed by atoms with E-state index in [0.717, 1.165) is 11.8 Å². The molecule has 18 heavy (non-hydrogen) atoms. The SMILES string of the molecule is CN(CC1CCNCC1)CC1Cc2ccccc21. The van der Waals surface area contributed by atoms with E-state index in [4.69, 9.17) is 0 Å². The van der Waals surface area contributed by atoms with Gasteiger partial charge in [-0.25, -0.2) is 0 Å². The highest BCUT2D eigenvalue weighted by Crippen LogP contribution is 2.35. The van der Waals surface area contributed by atoms with Gasteiger partial charge in [-0.05, 0) is 56.4 Å². The lowest BCUT2D eigenvalue weighted by atomic mass is 9.77. The molecule has 3 rings (SSSR count). The van der Waals surface area contributed by atoms with Crippen molar-refractivity contribution in [2.24, 2.45) is 5.92 Å². The zero-order chi connectivity index (χ0) is 12.4. The molecule has 0 bridgehead atoms. The van der Waals surface area contributed by atoms with Crippen LogP contribution in [0.5, 0.6) is 0 Å². The van der Waals surface area contributed by atoms with Gasteiger partial charge in [-0.1, -0.05) is 24.3 Å². The van der Waals surface area contributed by atoms with Crippen LogP contribution in [0.15, 0.2) is 24.3 Å². The third-order valence-electron chi connectivity index (χ3n) is 4.52. The molecule has 2 nitrogen and oxygen atoms in total. The Hall–Kier alpha value is -0.860. The minimum atomic E-state index is 0.785. The standard InChI is InChI=1S/C16H24N2/c1-18(11-13-6-8-17-9-7-13)12-15-10-14-4-2-3-5-16(14)15/h2-5,13,15,17H,6-12H2,1H3. The minimum absolute atomic E-state index is 0.785. The molecule has 0 aromatic heterocycles. The Balaban J connectivity index is 1.49. The van der Waals surface area contributed by atoms with Crippen LogP contribution in [0.2, 0.25) is 0 Å². The molecule has 1 N–H and O–H groups in total. The van der Waals surface area contributed by atoms with E-state index in [1.54, 1.807) is 11.1 Å². The zero-order valence-electron chi connectivity index (χ0n) is 11.4. The predicted octanol–water partition coefficient (Wildman–Crippen LogP) is 2.26. The molecule has 1 aromatic carbocycles. The number of nitrogens with zero attached hydrogens (tertiary/aromatic N) is 1. The van der Waals surface area contributed by atoms with Crippen LogP contribution in [-0.4, -0.2) is 38.1 Å². The highest BCUT2D eigenvalue weighted by Gasteiger charge is 2.27. The molecule has 1 aliphatic carbocycles. The predicted molar refractivity (Wildman–Crippen MR) is 76.0 cm³/mol. The molecular weight excluding hydrogens is 220 g/mol. The number of hydrogen-bond donors (Lipinski definition) is 1. The Kier molecular flexibility index (Phi) is 3.67. The normalized spacial score (nSPS) is 23.8. The zero-order valence-corrected chi connectivity index (χ0v) is 11.4. The summed E-state index contributed by atoms with van der Waals surface area (Å²) >= 11 is 0. The van der Waals surface area contributed by atoms with Gasteiger partial charge >= 0.3 is 0 Å². The quantitative estimate of drug-likeness (QED) is 0.874.